The topological polar surface area (TPSA) is 121 Å². The lowest BCUT2D eigenvalue weighted by Gasteiger charge is -2.31. The van der Waals surface area contributed by atoms with Crippen LogP contribution >= 0.6 is 11.3 Å². The number of aromatic nitrogens is 2. The molecule has 0 aliphatic carbocycles. The first-order chi connectivity index (χ1) is 19.5. The Kier molecular flexibility index (Phi) is 6.25. The number of anilines is 3. The number of thiophene rings is 1. The molecule has 7 rings (SSSR count). The molecule has 2 aromatic heterocycles. The number of nitriles is 1. The van der Waals surface area contributed by atoms with E-state index in [0.29, 0.717) is 84.6 Å². The summed E-state index contributed by atoms with van der Waals surface area (Å²) in [4.78, 5) is 29.5. The summed E-state index contributed by atoms with van der Waals surface area (Å²) in [6, 6.07) is 8.02. The van der Waals surface area contributed by atoms with E-state index in [2.05, 4.69) is 15.9 Å². The van der Waals surface area contributed by atoms with Gasteiger partial charge in [-0.1, -0.05) is 6.07 Å². The molecule has 10 nitrogen and oxygen atoms in total. The fraction of sp³-hybridized carbons (Fsp3) is 0.500. The van der Waals surface area contributed by atoms with E-state index >= 15 is 0 Å². The predicted octanol–water partition coefficient (Wildman–Crippen LogP) is 3.49. The fourth-order valence-electron chi connectivity index (χ4n) is 6.74. The largest absolute Gasteiger partial charge is 0.461 e. The van der Waals surface area contributed by atoms with Crippen molar-refractivity contribution in [2.75, 3.05) is 61.5 Å². The summed E-state index contributed by atoms with van der Waals surface area (Å²) in [5.41, 5.74) is 7.83. The zero-order valence-corrected chi connectivity index (χ0v) is 22.9. The van der Waals surface area contributed by atoms with Crippen LogP contribution in [0, 0.1) is 11.3 Å². The van der Waals surface area contributed by atoms with Crippen molar-refractivity contribution in [2.45, 2.75) is 43.9 Å². The maximum Gasteiger partial charge on any atom is 0.318 e. The Balaban J connectivity index is 1.27. The van der Waals surface area contributed by atoms with Crippen molar-refractivity contribution in [3.8, 4) is 12.1 Å². The molecule has 4 aliphatic rings. The van der Waals surface area contributed by atoms with Gasteiger partial charge in [-0.25, -0.2) is 4.39 Å². The number of benzene rings is 1. The van der Waals surface area contributed by atoms with Crippen LogP contribution < -0.4 is 20.3 Å². The number of carbonyl (C=O) groups is 1. The van der Waals surface area contributed by atoms with Gasteiger partial charge >= 0.3 is 6.01 Å². The summed E-state index contributed by atoms with van der Waals surface area (Å²) >= 11 is 1.33. The molecule has 2 unspecified atom stereocenters. The van der Waals surface area contributed by atoms with E-state index in [1.54, 1.807) is 4.90 Å². The summed E-state index contributed by atoms with van der Waals surface area (Å²) in [5.74, 6) is 0.311. The van der Waals surface area contributed by atoms with Gasteiger partial charge in [0.2, 0.25) is 0 Å². The van der Waals surface area contributed by atoms with E-state index in [9.17, 15) is 14.4 Å². The SMILES string of the molecule is N#Cc1c(N)sc2cccc(N3Cc4nc(OCC56CCCN5CC(F)C6)nc(N5CCCOCC5)c4C3=O)c12. The molecule has 3 saturated heterocycles. The lowest BCUT2D eigenvalue weighted by molar-refractivity contribution is 0.0996. The molecule has 208 valence electrons. The first kappa shape index (κ1) is 25.4. The zero-order chi connectivity index (χ0) is 27.4. The van der Waals surface area contributed by atoms with Crippen LogP contribution in [0.3, 0.4) is 0 Å². The number of fused-ring (bicyclic) bond motifs is 3. The number of carbonyl (C=O) groups excluding carboxylic acids is 1. The molecule has 3 fully saturated rings. The van der Waals surface area contributed by atoms with Gasteiger partial charge in [0, 0.05) is 42.7 Å². The second kappa shape index (κ2) is 9.83. The smallest absolute Gasteiger partial charge is 0.318 e. The minimum Gasteiger partial charge on any atom is -0.461 e. The number of hydrogen-bond donors (Lipinski definition) is 1. The quantitative estimate of drug-likeness (QED) is 0.497. The van der Waals surface area contributed by atoms with Crippen LogP contribution in [0.4, 0.5) is 20.9 Å². The van der Waals surface area contributed by atoms with Gasteiger partial charge in [0.25, 0.3) is 5.91 Å². The van der Waals surface area contributed by atoms with E-state index in [-0.39, 0.29) is 24.0 Å². The highest BCUT2D eigenvalue weighted by Crippen LogP contribution is 2.43. The van der Waals surface area contributed by atoms with Gasteiger partial charge in [0.15, 0.2) is 0 Å². The number of nitrogen functional groups attached to an aromatic ring is 1. The van der Waals surface area contributed by atoms with E-state index in [4.69, 9.17) is 25.2 Å². The number of ether oxygens (including phenoxy) is 2. The van der Waals surface area contributed by atoms with Crippen molar-refractivity contribution in [1.29, 1.82) is 5.26 Å². The average molecular weight is 564 g/mol. The van der Waals surface area contributed by atoms with Gasteiger partial charge in [-0.2, -0.15) is 15.2 Å². The Bertz CT molecular complexity index is 1530. The summed E-state index contributed by atoms with van der Waals surface area (Å²) in [5, 5.41) is 10.9. The van der Waals surface area contributed by atoms with Crippen LogP contribution in [-0.2, 0) is 11.3 Å². The van der Waals surface area contributed by atoms with Crippen molar-refractivity contribution in [3.63, 3.8) is 0 Å². The third kappa shape index (κ3) is 4.06. The van der Waals surface area contributed by atoms with Gasteiger partial charge < -0.3 is 25.0 Å². The first-order valence-electron chi connectivity index (χ1n) is 13.8. The van der Waals surface area contributed by atoms with E-state index in [0.717, 1.165) is 30.5 Å². The van der Waals surface area contributed by atoms with Gasteiger partial charge in [-0.3, -0.25) is 9.69 Å². The summed E-state index contributed by atoms with van der Waals surface area (Å²) in [7, 11) is 0. The number of halogens is 1. The maximum atomic E-state index is 14.3. The van der Waals surface area contributed by atoms with Crippen LogP contribution in [0.5, 0.6) is 6.01 Å². The van der Waals surface area contributed by atoms with Gasteiger partial charge in [0.05, 0.1) is 35.6 Å². The number of nitrogens with zero attached hydrogens (tertiary/aromatic N) is 6. The Morgan fingerprint density at radius 2 is 2.15 bits per heavy atom. The van der Waals surface area contributed by atoms with Gasteiger partial charge in [0.1, 0.15) is 35.2 Å². The average Bonchev–Trinajstić information content (AvgIpc) is 3.59. The van der Waals surface area contributed by atoms with Crippen LogP contribution in [-0.4, -0.2) is 78.5 Å². The molecule has 3 aromatic rings. The second-order valence-corrected chi connectivity index (χ2v) is 12.0. The molecule has 2 N–H and O–H groups in total. The Hall–Kier alpha value is -3.53. The number of hydrogen-bond acceptors (Lipinski definition) is 10. The van der Waals surface area contributed by atoms with Gasteiger partial charge in [-0.15, -0.1) is 11.3 Å². The molecule has 6 heterocycles. The maximum absolute atomic E-state index is 14.3. The molecule has 0 bridgehead atoms. The number of alkyl halides is 1. The molecule has 0 saturated carbocycles. The first-order valence-corrected chi connectivity index (χ1v) is 14.6. The standard InChI is InChI=1S/C28H30FN7O3S/c29-17-12-28(6-2-8-35(28)14-17)16-39-27-32-19-15-36(20-4-1-5-21-22(20)18(13-30)24(31)40-21)26(37)23(19)25(33-27)34-7-3-10-38-11-9-34/h1,4-5,17H,2-3,6-12,14-16,31H2. The van der Waals surface area contributed by atoms with Crippen LogP contribution in [0.1, 0.15) is 47.3 Å². The number of rotatable bonds is 5. The Morgan fingerprint density at radius 3 is 3.02 bits per heavy atom. The highest BCUT2D eigenvalue weighted by Gasteiger charge is 2.49. The lowest BCUT2D eigenvalue weighted by Crippen LogP contribution is -2.43. The normalized spacial score (nSPS) is 24.8. The van der Waals surface area contributed by atoms with E-state index in [1.807, 2.05) is 18.2 Å². The molecule has 0 spiro atoms. The van der Waals surface area contributed by atoms with Crippen LogP contribution in [0.2, 0.25) is 0 Å². The van der Waals surface area contributed by atoms with Crippen LogP contribution in [0.25, 0.3) is 10.1 Å². The van der Waals surface area contributed by atoms with Crippen molar-refractivity contribution in [2.24, 2.45) is 0 Å². The monoisotopic (exact) mass is 563 g/mol. The molecule has 4 aliphatic heterocycles. The fourth-order valence-corrected chi connectivity index (χ4v) is 7.68. The molecular formula is C28H30FN7O3S. The minimum absolute atomic E-state index is 0.202. The summed E-state index contributed by atoms with van der Waals surface area (Å²) in [6.07, 6.45) is 2.32. The molecule has 1 aromatic carbocycles. The van der Waals surface area contributed by atoms with E-state index in [1.165, 1.54) is 11.3 Å². The zero-order valence-electron chi connectivity index (χ0n) is 22.1. The summed E-state index contributed by atoms with van der Waals surface area (Å²) < 4.78 is 27.1. The van der Waals surface area contributed by atoms with Crippen LogP contribution in [0.15, 0.2) is 18.2 Å². The predicted molar refractivity (Wildman–Crippen MR) is 150 cm³/mol. The van der Waals surface area contributed by atoms with Crippen molar-refractivity contribution >= 4 is 43.8 Å². The molecule has 1 amide bonds. The third-order valence-electron chi connectivity index (χ3n) is 8.59. The highest BCUT2D eigenvalue weighted by atomic mass is 32.1. The Labute approximate surface area is 235 Å². The third-order valence-corrected chi connectivity index (χ3v) is 9.57. The summed E-state index contributed by atoms with van der Waals surface area (Å²) in [6.45, 7) is 4.30. The Morgan fingerprint density at radius 1 is 1.25 bits per heavy atom. The minimum atomic E-state index is -0.851. The van der Waals surface area contributed by atoms with Crippen molar-refractivity contribution in [3.05, 3.63) is 35.0 Å². The number of amides is 1. The van der Waals surface area contributed by atoms with Crippen molar-refractivity contribution < 1.29 is 18.7 Å². The molecular weight excluding hydrogens is 533 g/mol. The molecule has 2 atom stereocenters. The second-order valence-electron chi connectivity index (χ2n) is 11.0. The number of nitrogens with two attached hydrogens (primary N) is 1. The van der Waals surface area contributed by atoms with E-state index < -0.39 is 6.17 Å². The molecule has 12 heteroatoms. The highest BCUT2D eigenvalue weighted by molar-refractivity contribution is 7.23. The molecule has 40 heavy (non-hydrogen) atoms. The molecule has 0 radical (unpaired) electrons. The lowest BCUT2D eigenvalue weighted by atomic mass is 9.95. The van der Waals surface area contributed by atoms with Crippen molar-refractivity contribution in [1.82, 2.24) is 14.9 Å². The van der Waals surface area contributed by atoms with Gasteiger partial charge in [-0.05, 0) is 37.9 Å².